The lowest BCUT2D eigenvalue weighted by atomic mass is 10.1. The Morgan fingerprint density at radius 2 is 1.36 bits per heavy atom. The summed E-state index contributed by atoms with van der Waals surface area (Å²) in [4.78, 5) is 42.3. The first kappa shape index (κ1) is 36.0. The average Bonchev–Trinajstić information content (AvgIpc) is 2.97. The maximum absolute atomic E-state index is 13.4. The lowest BCUT2D eigenvalue weighted by molar-refractivity contribution is -0.141. The van der Waals surface area contributed by atoms with E-state index in [2.05, 4.69) is 25.5 Å². The molecule has 19 heteroatoms. The first-order valence-corrected chi connectivity index (χ1v) is 13.3. The second kappa shape index (κ2) is 15.2. The number of carboxylic acids is 2. The molecule has 3 aromatic rings. The molecule has 252 valence electrons. The van der Waals surface area contributed by atoms with E-state index in [1.807, 2.05) is 0 Å². The number of hydrogen-bond acceptors (Lipinski definition) is 8. The van der Waals surface area contributed by atoms with Gasteiger partial charge in [-0.3, -0.25) is 4.90 Å². The number of nitrogens with two attached hydrogens (primary N) is 1. The molecule has 0 spiro atoms. The molecule has 12 nitrogen and oxygen atoms in total. The van der Waals surface area contributed by atoms with Gasteiger partial charge < -0.3 is 31.5 Å². The number of carbonyl (C=O) groups is 3. The van der Waals surface area contributed by atoms with Crippen LogP contribution in [0.4, 0.5) is 58.7 Å². The fraction of sp³-hybridized carbons (Fsp3) is 0.250. The molecule has 0 atom stereocenters. The van der Waals surface area contributed by atoms with Gasteiger partial charge in [-0.2, -0.15) is 31.3 Å². The molecule has 2 aromatic carbocycles. The van der Waals surface area contributed by atoms with Gasteiger partial charge in [-0.05, 0) is 35.9 Å². The van der Waals surface area contributed by atoms with Crippen molar-refractivity contribution in [3.05, 3.63) is 83.3 Å². The Morgan fingerprint density at radius 3 is 1.89 bits per heavy atom. The van der Waals surface area contributed by atoms with Crippen molar-refractivity contribution in [2.45, 2.75) is 18.9 Å². The molecule has 0 unspecified atom stereocenters. The molecule has 0 radical (unpaired) electrons. The lowest BCUT2D eigenvalue weighted by Gasteiger charge is -2.35. The largest absolute Gasteiger partial charge is 0.478 e. The number of urea groups is 1. The second-order valence-corrected chi connectivity index (χ2v) is 9.71. The number of benzene rings is 2. The molecule has 0 saturated carbocycles. The zero-order chi connectivity index (χ0) is 34.9. The van der Waals surface area contributed by atoms with E-state index in [1.54, 1.807) is 29.2 Å². The van der Waals surface area contributed by atoms with Crippen LogP contribution in [0.1, 0.15) is 16.8 Å². The zero-order valence-electron chi connectivity index (χ0n) is 23.9. The van der Waals surface area contributed by atoms with Crippen LogP contribution >= 0.6 is 0 Å². The number of aromatic nitrogens is 2. The quantitative estimate of drug-likeness (QED) is 0.171. The SMILES string of the molecule is Nc1nc(N2CCN(Cc3ccc(NC(=O)Nc4ccc(F)c(C(F)(F)F)c4)cc3)CC2)cc(C(F)(F)F)n1.O=C(O)/C=C/C(=O)O. The van der Waals surface area contributed by atoms with Gasteiger partial charge in [-0.25, -0.2) is 23.8 Å². The molecule has 4 rings (SSSR count). The molecule has 2 heterocycles. The fourth-order valence-electron chi connectivity index (χ4n) is 4.10. The Morgan fingerprint density at radius 1 is 0.809 bits per heavy atom. The monoisotopic (exact) mass is 673 g/mol. The number of aliphatic carboxylic acids is 2. The molecule has 1 aliphatic rings. The molecule has 47 heavy (non-hydrogen) atoms. The van der Waals surface area contributed by atoms with Crippen LogP contribution < -0.4 is 21.3 Å². The molecule has 0 aliphatic carbocycles. The van der Waals surface area contributed by atoms with E-state index in [-0.39, 0.29) is 11.5 Å². The van der Waals surface area contributed by atoms with Crippen LogP contribution in [0, 0.1) is 5.82 Å². The standard InChI is InChI=1S/C24H22F7N7O.C4H4O4/c25-18-6-5-16(11-17(18)23(26,27)28)34-22(39)33-15-3-1-14(2-4-15)13-37-7-9-38(10-8-37)20-12-19(24(29,30)31)35-21(32)36-20;5-3(6)1-2-4(7)8/h1-6,11-12H,7-10,13H2,(H2,32,35,36)(H2,33,34,39);1-2H,(H,5,6)(H,7,8)/b;2-1+. The number of alkyl halides is 6. The summed E-state index contributed by atoms with van der Waals surface area (Å²) < 4.78 is 91.1. The smallest absolute Gasteiger partial charge is 0.433 e. The number of piperazine rings is 1. The minimum absolute atomic E-state index is 0.110. The van der Waals surface area contributed by atoms with Crippen molar-refractivity contribution in [3.8, 4) is 0 Å². The van der Waals surface area contributed by atoms with E-state index in [0.717, 1.165) is 17.7 Å². The zero-order valence-corrected chi connectivity index (χ0v) is 23.9. The topological polar surface area (TPSA) is 174 Å². The van der Waals surface area contributed by atoms with Gasteiger partial charge in [0.05, 0.1) is 5.56 Å². The number of anilines is 4. The number of nitrogens with zero attached hydrogens (tertiary/aromatic N) is 4. The summed E-state index contributed by atoms with van der Waals surface area (Å²) in [5.41, 5.74) is 3.92. The number of carbonyl (C=O) groups excluding carboxylic acids is 1. The van der Waals surface area contributed by atoms with Crippen molar-refractivity contribution in [1.29, 1.82) is 0 Å². The summed E-state index contributed by atoms with van der Waals surface area (Å²) >= 11 is 0. The highest BCUT2D eigenvalue weighted by Gasteiger charge is 2.35. The van der Waals surface area contributed by atoms with Gasteiger partial charge in [0.25, 0.3) is 0 Å². The van der Waals surface area contributed by atoms with Crippen molar-refractivity contribution in [2.75, 3.05) is 47.4 Å². The summed E-state index contributed by atoms with van der Waals surface area (Å²) in [5.74, 6) is -4.30. The van der Waals surface area contributed by atoms with E-state index in [0.29, 0.717) is 62.7 Å². The normalized spacial score (nSPS) is 13.9. The lowest BCUT2D eigenvalue weighted by Crippen LogP contribution is -2.46. The van der Waals surface area contributed by atoms with Crippen LogP contribution in [0.25, 0.3) is 0 Å². The van der Waals surface area contributed by atoms with Crippen molar-refractivity contribution < 1.29 is 55.3 Å². The summed E-state index contributed by atoms with van der Waals surface area (Å²) in [6.07, 6.45) is -8.42. The predicted octanol–water partition coefficient (Wildman–Crippen LogP) is 4.91. The molecular weight excluding hydrogens is 647 g/mol. The highest BCUT2D eigenvalue weighted by Crippen LogP contribution is 2.33. The Balaban J connectivity index is 0.000000665. The van der Waals surface area contributed by atoms with Crippen molar-refractivity contribution in [1.82, 2.24) is 14.9 Å². The minimum atomic E-state index is -4.90. The van der Waals surface area contributed by atoms with E-state index in [1.165, 1.54) is 0 Å². The number of rotatable bonds is 7. The molecule has 1 aliphatic heterocycles. The van der Waals surface area contributed by atoms with Gasteiger partial charge in [0, 0.05) is 62.3 Å². The number of carboxylic acid groups (broad SMARTS) is 2. The third-order valence-electron chi connectivity index (χ3n) is 6.23. The number of amides is 2. The van der Waals surface area contributed by atoms with Crippen molar-refractivity contribution in [3.63, 3.8) is 0 Å². The summed E-state index contributed by atoms with van der Waals surface area (Å²) in [6.45, 7) is 2.48. The van der Waals surface area contributed by atoms with Gasteiger partial charge in [0.1, 0.15) is 11.6 Å². The number of halogens is 7. The van der Waals surface area contributed by atoms with Crippen LogP contribution in [0.3, 0.4) is 0 Å². The third kappa shape index (κ3) is 11.4. The maximum atomic E-state index is 13.4. The molecule has 2 amide bonds. The Labute approximate surface area is 261 Å². The predicted molar refractivity (Wildman–Crippen MR) is 154 cm³/mol. The van der Waals surface area contributed by atoms with Gasteiger partial charge >= 0.3 is 30.3 Å². The van der Waals surface area contributed by atoms with Gasteiger partial charge in [0.2, 0.25) is 5.95 Å². The third-order valence-corrected chi connectivity index (χ3v) is 6.23. The first-order valence-electron chi connectivity index (χ1n) is 13.3. The highest BCUT2D eigenvalue weighted by atomic mass is 19.4. The Kier molecular flexibility index (Phi) is 11.7. The number of hydrogen-bond donors (Lipinski definition) is 5. The van der Waals surface area contributed by atoms with Gasteiger partial charge in [0.15, 0.2) is 5.69 Å². The Hall–Kier alpha value is -5.46. The Bertz CT molecular complexity index is 1590. The van der Waals surface area contributed by atoms with Crippen LogP contribution in [-0.4, -0.2) is 69.2 Å². The van der Waals surface area contributed by atoms with Crippen LogP contribution in [0.5, 0.6) is 0 Å². The number of nitrogen functional groups attached to an aromatic ring is 1. The van der Waals surface area contributed by atoms with Crippen molar-refractivity contribution in [2.24, 2.45) is 0 Å². The van der Waals surface area contributed by atoms with Gasteiger partial charge in [-0.15, -0.1) is 0 Å². The number of nitrogens with one attached hydrogen (secondary N) is 2. The van der Waals surface area contributed by atoms with Crippen LogP contribution in [0.2, 0.25) is 0 Å². The highest BCUT2D eigenvalue weighted by molar-refractivity contribution is 5.99. The molecule has 1 fully saturated rings. The van der Waals surface area contributed by atoms with E-state index >= 15 is 0 Å². The summed E-state index contributed by atoms with van der Waals surface area (Å²) in [7, 11) is 0. The van der Waals surface area contributed by atoms with E-state index in [9.17, 15) is 45.1 Å². The molecule has 1 aromatic heterocycles. The molecule has 6 N–H and O–H groups in total. The van der Waals surface area contributed by atoms with Crippen molar-refractivity contribution >= 4 is 41.1 Å². The second-order valence-electron chi connectivity index (χ2n) is 9.71. The molecular formula is C28H26F7N7O5. The minimum Gasteiger partial charge on any atom is -0.478 e. The fourth-order valence-corrected chi connectivity index (χ4v) is 4.10. The average molecular weight is 674 g/mol. The summed E-state index contributed by atoms with van der Waals surface area (Å²) in [6, 6.07) is 8.94. The van der Waals surface area contributed by atoms with E-state index < -0.39 is 53.3 Å². The van der Waals surface area contributed by atoms with E-state index in [4.69, 9.17) is 15.9 Å². The van der Waals surface area contributed by atoms with Crippen LogP contribution in [0.15, 0.2) is 60.7 Å². The first-order chi connectivity index (χ1) is 21.9. The summed E-state index contributed by atoms with van der Waals surface area (Å²) in [5, 5.41) is 20.3. The van der Waals surface area contributed by atoms with Crippen LogP contribution in [-0.2, 0) is 28.5 Å². The molecule has 1 saturated heterocycles. The molecule has 0 bridgehead atoms. The maximum Gasteiger partial charge on any atom is 0.433 e. The van der Waals surface area contributed by atoms with Gasteiger partial charge in [-0.1, -0.05) is 12.1 Å².